The Labute approximate surface area is 118 Å². The highest BCUT2D eigenvalue weighted by Crippen LogP contribution is 2.40. The minimum atomic E-state index is -0.606. The van der Waals surface area contributed by atoms with E-state index in [2.05, 4.69) is 11.1 Å². The van der Waals surface area contributed by atoms with Gasteiger partial charge in [-0.2, -0.15) is 5.26 Å². The van der Waals surface area contributed by atoms with Gasteiger partial charge in [0.05, 0.1) is 35.3 Å². The van der Waals surface area contributed by atoms with Crippen LogP contribution in [0.1, 0.15) is 37.7 Å². The number of Topliss-reactive ketones (excluding diaryl/α,β-unsaturated/α-hetero) is 1. The minimum absolute atomic E-state index is 0.215. The van der Waals surface area contributed by atoms with Crippen LogP contribution in [0.25, 0.3) is 11.0 Å². The van der Waals surface area contributed by atoms with Crippen LogP contribution in [0.4, 0.5) is 0 Å². The zero-order chi connectivity index (χ0) is 14.2. The van der Waals surface area contributed by atoms with Crippen LogP contribution in [0.2, 0.25) is 0 Å². The fraction of sp³-hybridized carbons (Fsp3) is 0.438. The van der Waals surface area contributed by atoms with Gasteiger partial charge >= 0.3 is 0 Å². The van der Waals surface area contributed by atoms with Crippen LogP contribution in [0, 0.1) is 11.3 Å². The second kappa shape index (κ2) is 4.75. The standard InChI is InChI=1S/C16H17N3O/c1-19-11-18-13-6-5-12(10-14(13)19)16(8-9-17)7-3-2-4-15(16)20/h5-6,10-11H,2-4,7-8H2,1H3. The van der Waals surface area contributed by atoms with Crippen molar-refractivity contribution in [1.29, 1.82) is 5.26 Å². The van der Waals surface area contributed by atoms with E-state index in [1.807, 2.05) is 29.8 Å². The lowest BCUT2D eigenvalue weighted by atomic mass is 9.67. The number of aromatic nitrogens is 2. The quantitative estimate of drug-likeness (QED) is 0.840. The third-order valence-corrected chi connectivity index (χ3v) is 4.45. The summed E-state index contributed by atoms with van der Waals surface area (Å²) in [4.78, 5) is 16.8. The van der Waals surface area contributed by atoms with Crippen molar-refractivity contribution in [3.8, 4) is 6.07 Å². The SMILES string of the molecule is Cn1cnc2ccc(C3(CC#N)CCCCC3=O)cc21. The van der Waals surface area contributed by atoms with Crippen molar-refractivity contribution in [2.24, 2.45) is 7.05 Å². The van der Waals surface area contributed by atoms with Crippen LogP contribution in [0.5, 0.6) is 0 Å². The number of hydrogen-bond donors (Lipinski definition) is 0. The summed E-state index contributed by atoms with van der Waals surface area (Å²) in [6.45, 7) is 0. The van der Waals surface area contributed by atoms with Gasteiger partial charge in [0.15, 0.2) is 0 Å². The molecule has 1 fully saturated rings. The van der Waals surface area contributed by atoms with Gasteiger partial charge in [-0.3, -0.25) is 4.79 Å². The molecule has 20 heavy (non-hydrogen) atoms. The third-order valence-electron chi connectivity index (χ3n) is 4.45. The first kappa shape index (κ1) is 12.9. The number of nitriles is 1. The molecule has 2 aromatic rings. The van der Waals surface area contributed by atoms with Crippen LogP contribution in [0.15, 0.2) is 24.5 Å². The van der Waals surface area contributed by atoms with Crippen molar-refractivity contribution >= 4 is 16.8 Å². The summed E-state index contributed by atoms with van der Waals surface area (Å²) in [5.41, 5.74) is 2.30. The van der Waals surface area contributed by atoms with Crippen molar-refractivity contribution in [2.75, 3.05) is 0 Å². The van der Waals surface area contributed by atoms with E-state index < -0.39 is 5.41 Å². The zero-order valence-electron chi connectivity index (χ0n) is 11.6. The van der Waals surface area contributed by atoms with Crippen molar-refractivity contribution in [3.63, 3.8) is 0 Å². The summed E-state index contributed by atoms with van der Waals surface area (Å²) < 4.78 is 1.95. The van der Waals surface area contributed by atoms with Crippen molar-refractivity contribution in [2.45, 2.75) is 37.5 Å². The molecule has 4 heteroatoms. The van der Waals surface area contributed by atoms with Gasteiger partial charge in [0.1, 0.15) is 5.78 Å². The molecule has 1 saturated carbocycles. The normalized spacial score (nSPS) is 22.9. The predicted molar refractivity (Wildman–Crippen MR) is 76.1 cm³/mol. The molecule has 0 radical (unpaired) electrons. The molecule has 1 unspecified atom stereocenters. The first-order chi connectivity index (χ1) is 9.67. The Bertz CT molecular complexity index is 710. The topological polar surface area (TPSA) is 58.7 Å². The lowest BCUT2D eigenvalue weighted by Crippen LogP contribution is -2.38. The number of benzene rings is 1. The Morgan fingerprint density at radius 3 is 3.05 bits per heavy atom. The molecule has 1 heterocycles. The van der Waals surface area contributed by atoms with Gasteiger partial charge in [-0.25, -0.2) is 4.98 Å². The van der Waals surface area contributed by atoms with Gasteiger partial charge in [0.25, 0.3) is 0 Å². The fourth-order valence-electron chi connectivity index (χ4n) is 3.24. The molecule has 1 aliphatic carbocycles. The third kappa shape index (κ3) is 1.82. The molecule has 1 aromatic heterocycles. The first-order valence-electron chi connectivity index (χ1n) is 6.99. The van der Waals surface area contributed by atoms with E-state index in [4.69, 9.17) is 0 Å². The maximum Gasteiger partial charge on any atom is 0.144 e. The molecule has 0 saturated heterocycles. The number of rotatable bonds is 2. The molecule has 1 atom stereocenters. The van der Waals surface area contributed by atoms with Crippen molar-refractivity contribution in [1.82, 2.24) is 9.55 Å². The van der Waals surface area contributed by atoms with E-state index in [1.165, 1.54) is 0 Å². The van der Waals surface area contributed by atoms with E-state index in [0.29, 0.717) is 6.42 Å². The molecular weight excluding hydrogens is 250 g/mol. The van der Waals surface area contributed by atoms with Crippen LogP contribution in [-0.4, -0.2) is 15.3 Å². The summed E-state index contributed by atoms with van der Waals surface area (Å²) in [6, 6.07) is 8.17. The Morgan fingerprint density at radius 2 is 2.30 bits per heavy atom. The minimum Gasteiger partial charge on any atom is -0.334 e. The Kier molecular flexibility index (Phi) is 3.06. The van der Waals surface area contributed by atoms with Crippen LogP contribution in [-0.2, 0) is 17.3 Å². The van der Waals surface area contributed by atoms with E-state index in [-0.39, 0.29) is 12.2 Å². The number of ketones is 1. The Balaban J connectivity index is 2.16. The maximum absolute atomic E-state index is 12.5. The molecule has 0 aliphatic heterocycles. The molecule has 4 nitrogen and oxygen atoms in total. The number of fused-ring (bicyclic) bond motifs is 1. The van der Waals surface area contributed by atoms with Gasteiger partial charge in [-0.1, -0.05) is 12.5 Å². The second-order valence-electron chi connectivity index (χ2n) is 5.61. The molecule has 3 rings (SSSR count). The van der Waals surface area contributed by atoms with Gasteiger partial charge in [-0.05, 0) is 30.5 Å². The molecule has 0 N–H and O–H groups in total. The summed E-state index contributed by atoms with van der Waals surface area (Å²) in [7, 11) is 1.94. The van der Waals surface area contributed by atoms with Gasteiger partial charge < -0.3 is 4.57 Å². The number of imidazole rings is 1. The Hall–Kier alpha value is -2.15. The van der Waals surface area contributed by atoms with Crippen LogP contribution in [0.3, 0.4) is 0 Å². The highest BCUT2D eigenvalue weighted by atomic mass is 16.1. The van der Waals surface area contributed by atoms with Crippen LogP contribution < -0.4 is 0 Å². The lowest BCUT2D eigenvalue weighted by molar-refractivity contribution is -0.126. The number of aryl methyl sites for hydroxylation is 1. The second-order valence-corrected chi connectivity index (χ2v) is 5.61. The lowest BCUT2D eigenvalue weighted by Gasteiger charge is -2.34. The number of carbonyl (C=O) groups excluding carboxylic acids is 1. The fourth-order valence-corrected chi connectivity index (χ4v) is 3.24. The first-order valence-corrected chi connectivity index (χ1v) is 6.99. The summed E-state index contributed by atoms with van der Waals surface area (Å²) in [5, 5.41) is 9.17. The largest absolute Gasteiger partial charge is 0.334 e. The van der Waals surface area contributed by atoms with E-state index in [0.717, 1.165) is 35.9 Å². The molecule has 1 aliphatic rings. The van der Waals surface area contributed by atoms with E-state index >= 15 is 0 Å². The average Bonchev–Trinajstić information content (AvgIpc) is 2.83. The molecule has 0 bridgehead atoms. The van der Waals surface area contributed by atoms with Gasteiger partial charge in [-0.15, -0.1) is 0 Å². The van der Waals surface area contributed by atoms with Crippen LogP contribution >= 0.6 is 0 Å². The molecule has 0 amide bonds. The van der Waals surface area contributed by atoms with E-state index in [9.17, 15) is 10.1 Å². The van der Waals surface area contributed by atoms with Crippen molar-refractivity contribution < 1.29 is 4.79 Å². The number of hydrogen-bond acceptors (Lipinski definition) is 3. The Morgan fingerprint density at radius 1 is 1.45 bits per heavy atom. The smallest absolute Gasteiger partial charge is 0.144 e. The van der Waals surface area contributed by atoms with E-state index in [1.54, 1.807) is 6.33 Å². The summed E-state index contributed by atoms with van der Waals surface area (Å²) >= 11 is 0. The molecule has 0 spiro atoms. The number of carbonyl (C=O) groups is 1. The van der Waals surface area contributed by atoms with Gasteiger partial charge in [0, 0.05) is 13.5 Å². The highest BCUT2D eigenvalue weighted by molar-refractivity contribution is 5.92. The predicted octanol–water partition coefficient (Wildman–Crippen LogP) is 2.87. The van der Waals surface area contributed by atoms with Gasteiger partial charge in [0.2, 0.25) is 0 Å². The summed E-state index contributed by atoms with van der Waals surface area (Å²) in [5.74, 6) is 0.215. The maximum atomic E-state index is 12.5. The van der Waals surface area contributed by atoms with Crippen molar-refractivity contribution in [3.05, 3.63) is 30.1 Å². The molecular formula is C16H17N3O. The molecule has 1 aromatic carbocycles. The summed E-state index contributed by atoms with van der Waals surface area (Å²) in [6.07, 6.45) is 5.37. The monoisotopic (exact) mass is 267 g/mol. The zero-order valence-corrected chi connectivity index (χ0v) is 11.6. The molecule has 102 valence electrons. The highest BCUT2D eigenvalue weighted by Gasteiger charge is 2.41. The number of nitrogens with zero attached hydrogens (tertiary/aromatic N) is 3. The average molecular weight is 267 g/mol.